The number of amides is 1. The second-order valence-corrected chi connectivity index (χ2v) is 5.24. The minimum atomic E-state index is 0.0794. The van der Waals surface area contributed by atoms with Crippen LogP contribution in [-0.4, -0.2) is 29.5 Å². The predicted octanol–water partition coefficient (Wildman–Crippen LogP) is 2.96. The molecule has 0 spiro atoms. The molecule has 0 unspecified atom stereocenters. The van der Waals surface area contributed by atoms with Gasteiger partial charge in [-0.2, -0.15) is 0 Å². The number of methoxy groups -OCH3 is 1. The molecular weight excluding hydrogens is 276 g/mol. The fourth-order valence-corrected chi connectivity index (χ4v) is 2.26. The van der Waals surface area contributed by atoms with E-state index < -0.39 is 0 Å². The second-order valence-electron chi connectivity index (χ2n) is 5.24. The molecule has 0 aliphatic carbocycles. The molecule has 0 saturated carbocycles. The summed E-state index contributed by atoms with van der Waals surface area (Å²) in [6.07, 6.45) is 2.14. The van der Waals surface area contributed by atoms with Gasteiger partial charge in [-0.05, 0) is 30.2 Å². The highest BCUT2D eigenvalue weighted by Gasteiger charge is 2.15. The van der Waals surface area contributed by atoms with Gasteiger partial charge >= 0.3 is 0 Å². The van der Waals surface area contributed by atoms with E-state index in [1.165, 1.54) is 5.56 Å². The van der Waals surface area contributed by atoms with E-state index in [9.17, 15) is 4.79 Å². The first-order valence-electron chi connectivity index (χ1n) is 7.42. The zero-order chi connectivity index (χ0) is 15.8. The van der Waals surface area contributed by atoms with Crippen molar-refractivity contribution in [2.75, 3.05) is 13.7 Å². The number of hydrogen-bond acceptors (Lipinski definition) is 3. The Bertz CT molecular complexity index is 599. The molecule has 116 valence electrons. The molecule has 2 rings (SSSR count). The van der Waals surface area contributed by atoms with Gasteiger partial charge in [0, 0.05) is 19.9 Å². The van der Waals surface area contributed by atoms with Crippen LogP contribution >= 0.6 is 0 Å². The van der Waals surface area contributed by atoms with E-state index in [4.69, 9.17) is 4.74 Å². The lowest BCUT2D eigenvalue weighted by Crippen LogP contribution is -2.31. The Morgan fingerprint density at radius 3 is 2.59 bits per heavy atom. The van der Waals surface area contributed by atoms with Crippen molar-refractivity contribution in [3.8, 4) is 0 Å². The first-order chi connectivity index (χ1) is 10.7. The van der Waals surface area contributed by atoms with E-state index in [0.29, 0.717) is 26.1 Å². The maximum absolute atomic E-state index is 12.4. The zero-order valence-corrected chi connectivity index (χ0v) is 13.2. The summed E-state index contributed by atoms with van der Waals surface area (Å²) in [5, 5.41) is 0. The summed E-state index contributed by atoms with van der Waals surface area (Å²) < 4.78 is 5.02. The molecule has 0 atom stereocenters. The van der Waals surface area contributed by atoms with Gasteiger partial charge in [0.2, 0.25) is 5.91 Å². The largest absolute Gasteiger partial charge is 0.384 e. The van der Waals surface area contributed by atoms with Crippen molar-refractivity contribution >= 4 is 5.91 Å². The molecule has 1 heterocycles. The summed E-state index contributed by atoms with van der Waals surface area (Å²) in [4.78, 5) is 18.6. The van der Waals surface area contributed by atoms with Crippen LogP contribution in [0.1, 0.15) is 23.2 Å². The van der Waals surface area contributed by atoms with Crippen molar-refractivity contribution < 1.29 is 9.53 Å². The Morgan fingerprint density at radius 2 is 1.91 bits per heavy atom. The van der Waals surface area contributed by atoms with Crippen molar-refractivity contribution in [3.63, 3.8) is 0 Å². The number of carbonyl (C=O) groups excluding carboxylic acids is 1. The minimum Gasteiger partial charge on any atom is -0.384 e. The molecule has 1 aromatic heterocycles. The third kappa shape index (κ3) is 4.67. The highest BCUT2D eigenvalue weighted by Crippen LogP contribution is 2.13. The molecule has 1 aromatic carbocycles. The van der Waals surface area contributed by atoms with Crippen LogP contribution in [0.4, 0.5) is 0 Å². The van der Waals surface area contributed by atoms with Crippen LogP contribution in [-0.2, 0) is 22.6 Å². The topological polar surface area (TPSA) is 42.4 Å². The van der Waals surface area contributed by atoms with Crippen LogP contribution in [0.3, 0.4) is 0 Å². The number of ether oxygens (including phenoxy) is 1. The molecule has 0 aliphatic rings. The second kappa shape index (κ2) is 8.29. The number of hydrogen-bond donors (Lipinski definition) is 0. The summed E-state index contributed by atoms with van der Waals surface area (Å²) in [7, 11) is 1.61. The molecule has 2 aromatic rings. The van der Waals surface area contributed by atoms with Crippen LogP contribution in [0.15, 0.2) is 48.7 Å². The average Bonchev–Trinajstić information content (AvgIpc) is 2.55. The van der Waals surface area contributed by atoms with Gasteiger partial charge < -0.3 is 9.64 Å². The van der Waals surface area contributed by atoms with Crippen molar-refractivity contribution in [3.05, 3.63) is 65.5 Å². The molecule has 0 N–H and O–H groups in total. The third-order valence-corrected chi connectivity index (χ3v) is 3.57. The fraction of sp³-hybridized carbons (Fsp3) is 0.333. The van der Waals surface area contributed by atoms with Gasteiger partial charge in [-0.1, -0.05) is 30.3 Å². The maximum atomic E-state index is 12.4. The first kappa shape index (κ1) is 16.2. The van der Waals surface area contributed by atoms with E-state index >= 15 is 0 Å². The standard InChI is InChI=1S/C18H22N2O2/c1-15-7-3-4-8-16(15)13-20(18(21)10-12-22-2)14-17-9-5-6-11-19-17/h3-9,11H,10,12-14H2,1-2H3. The highest BCUT2D eigenvalue weighted by atomic mass is 16.5. The zero-order valence-electron chi connectivity index (χ0n) is 13.2. The van der Waals surface area contributed by atoms with Crippen LogP contribution in [0.25, 0.3) is 0 Å². The van der Waals surface area contributed by atoms with E-state index in [1.54, 1.807) is 13.3 Å². The number of rotatable bonds is 7. The third-order valence-electron chi connectivity index (χ3n) is 3.57. The average molecular weight is 298 g/mol. The van der Waals surface area contributed by atoms with Crippen molar-refractivity contribution in [1.29, 1.82) is 0 Å². The first-order valence-corrected chi connectivity index (χ1v) is 7.42. The van der Waals surface area contributed by atoms with Gasteiger partial charge in [0.05, 0.1) is 25.3 Å². The quantitative estimate of drug-likeness (QED) is 0.789. The molecule has 0 radical (unpaired) electrons. The number of benzene rings is 1. The molecule has 0 fully saturated rings. The maximum Gasteiger partial charge on any atom is 0.225 e. The van der Waals surface area contributed by atoms with Gasteiger partial charge in [0.25, 0.3) is 0 Å². The fourth-order valence-electron chi connectivity index (χ4n) is 2.26. The van der Waals surface area contributed by atoms with Gasteiger partial charge in [-0.3, -0.25) is 9.78 Å². The summed E-state index contributed by atoms with van der Waals surface area (Å²) in [5.41, 5.74) is 3.24. The summed E-state index contributed by atoms with van der Waals surface area (Å²) >= 11 is 0. The van der Waals surface area contributed by atoms with E-state index in [2.05, 4.69) is 24.0 Å². The summed E-state index contributed by atoms with van der Waals surface area (Å²) in [6.45, 7) is 3.60. The van der Waals surface area contributed by atoms with Crippen molar-refractivity contribution in [1.82, 2.24) is 9.88 Å². The molecule has 0 bridgehead atoms. The lowest BCUT2D eigenvalue weighted by Gasteiger charge is -2.23. The van der Waals surface area contributed by atoms with Crippen LogP contribution in [0, 0.1) is 6.92 Å². The van der Waals surface area contributed by atoms with Crippen molar-refractivity contribution in [2.24, 2.45) is 0 Å². The Labute approximate surface area is 131 Å². The Balaban J connectivity index is 2.14. The lowest BCUT2D eigenvalue weighted by molar-refractivity contribution is -0.133. The number of aromatic nitrogens is 1. The Kier molecular flexibility index (Phi) is 6.10. The van der Waals surface area contributed by atoms with Crippen molar-refractivity contribution in [2.45, 2.75) is 26.4 Å². The van der Waals surface area contributed by atoms with E-state index in [1.807, 2.05) is 35.2 Å². The van der Waals surface area contributed by atoms with E-state index in [0.717, 1.165) is 11.3 Å². The lowest BCUT2D eigenvalue weighted by atomic mass is 10.1. The predicted molar refractivity (Wildman–Crippen MR) is 86.2 cm³/mol. The van der Waals surface area contributed by atoms with Gasteiger partial charge in [-0.15, -0.1) is 0 Å². The van der Waals surface area contributed by atoms with Gasteiger partial charge in [-0.25, -0.2) is 0 Å². The highest BCUT2D eigenvalue weighted by molar-refractivity contribution is 5.76. The molecular formula is C18H22N2O2. The number of pyridine rings is 1. The van der Waals surface area contributed by atoms with E-state index in [-0.39, 0.29) is 5.91 Å². The SMILES string of the molecule is COCCC(=O)N(Cc1ccccn1)Cc1ccccc1C. The number of aryl methyl sites for hydroxylation is 1. The number of carbonyl (C=O) groups is 1. The molecule has 4 heteroatoms. The minimum absolute atomic E-state index is 0.0794. The Hall–Kier alpha value is -2.20. The van der Waals surface area contributed by atoms with Crippen LogP contribution in [0.5, 0.6) is 0 Å². The molecule has 4 nitrogen and oxygen atoms in total. The van der Waals surface area contributed by atoms with Gasteiger partial charge in [0.1, 0.15) is 0 Å². The molecule has 1 amide bonds. The number of nitrogens with zero attached hydrogens (tertiary/aromatic N) is 2. The molecule has 0 aliphatic heterocycles. The smallest absolute Gasteiger partial charge is 0.225 e. The Morgan fingerprint density at radius 1 is 1.14 bits per heavy atom. The summed E-state index contributed by atoms with van der Waals surface area (Å²) in [5.74, 6) is 0.0794. The molecule has 0 saturated heterocycles. The normalized spacial score (nSPS) is 10.5. The van der Waals surface area contributed by atoms with Crippen LogP contribution < -0.4 is 0 Å². The summed E-state index contributed by atoms with van der Waals surface area (Å²) in [6, 6.07) is 13.9. The molecule has 22 heavy (non-hydrogen) atoms. The van der Waals surface area contributed by atoms with Crippen LogP contribution in [0.2, 0.25) is 0 Å². The van der Waals surface area contributed by atoms with Gasteiger partial charge in [0.15, 0.2) is 0 Å². The monoisotopic (exact) mass is 298 g/mol.